The predicted octanol–water partition coefficient (Wildman–Crippen LogP) is 2.76. The zero-order valence-corrected chi connectivity index (χ0v) is 13.3. The van der Waals surface area contributed by atoms with E-state index in [0.717, 1.165) is 11.3 Å². The molecule has 2 amide bonds. The molecular weight excluding hydrogens is 290 g/mol. The summed E-state index contributed by atoms with van der Waals surface area (Å²) >= 11 is 0. The average molecular weight is 311 g/mol. The SMILES string of the molecule is CC(=O)Nc1cccc(N[C@@H](C)C(=O)NCc2ccccc2)c1. The molecule has 0 aliphatic carbocycles. The fraction of sp³-hybridized carbons (Fsp3) is 0.222. The lowest BCUT2D eigenvalue weighted by atomic mass is 10.2. The number of hydrogen-bond donors (Lipinski definition) is 3. The largest absolute Gasteiger partial charge is 0.374 e. The Morgan fingerprint density at radius 2 is 1.70 bits per heavy atom. The standard InChI is InChI=1S/C18H21N3O2/c1-13(18(23)19-12-15-7-4-3-5-8-15)20-16-9-6-10-17(11-16)21-14(2)22/h3-11,13,20H,12H2,1-2H3,(H,19,23)(H,21,22)/t13-/m0/s1. The molecule has 0 saturated heterocycles. The quantitative estimate of drug-likeness (QED) is 0.768. The van der Waals surface area contributed by atoms with Gasteiger partial charge in [0.2, 0.25) is 11.8 Å². The molecule has 2 rings (SSSR count). The molecule has 0 spiro atoms. The van der Waals surface area contributed by atoms with Crippen molar-refractivity contribution in [1.29, 1.82) is 0 Å². The van der Waals surface area contributed by atoms with Crippen molar-refractivity contribution in [3.8, 4) is 0 Å². The number of anilines is 2. The highest BCUT2D eigenvalue weighted by Crippen LogP contribution is 2.16. The lowest BCUT2D eigenvalue weighted by molar-refractivity contribution is -0.121. The van der Waals surface area contributed by atoms with Crippen molar-refractivity contribution < 1.29 is 9.59 Å². The van der Waals surface area contributed by atoms with Crippen LogP contribution in [0.1, 0.15) is 19.4 Å². The van der Waals surface area contributed by atoms with Crippen molar-refractivity contribution >= 4 is 23.2 Å². The maximum absolute atomic E-state index is 12.1. The molecule has 1 atom stereocenters. The van der Waals surface area contributed by atoms with Crippen LogP contribution in [-0.4, -0.2) is 17.9 Å². The summed E-state index contributed by atoms with van der Waals surface area (Å²) in [7, 11) is 0. The van der Waals surface area contributed by atoms with Crippen LogP contribution in [-0.2, 0) is 16.1 Å². The summed E-state index contributed by atoms with van der Waals surface area (Å²) in [6, 6.07) is 16.6. The highest BCUT2D eigenvalue weighted by Gasteiger charge is 2.12. The van der Waals surface area contributed by atoms with Crippen LogP contribution in [0.3, 0.4) is 0 Å². The Hall–Kier alpha value is -2.82. The van der Waals surface area contributed by atoms with Gasteiger partial charge in [-0.1, -0.05) is 36.4 Å². The van der Waals surface area contributed by atoms with Crippen molar-refractivity contribution in [2.75, 3.05) is 10.6 Å². The van der Waals surface area contributed by atoms with Gasteiger partial charge in [0.1, 0.15) is 6.04 Å². The van der Waals surface area contributed by atoms with E-state index in [-0.39, 0.29) is 17.9 Å². The Kier molecular flexibility index (Phi) is 5.74. The molecule has 0 aliphatic rings. The molecule has 2 aromatic carbocycles. The van der Waals surface area contributed by atoms with Crippen molar-refractivity contribution in [3.05, 3.63) is 60.2 Å². The molecule has 120 valence electrons. The van der Waals surface area contributed by atoms with E-state index in [0.29, 0.717) is 12.2 Å². The van der Waals surface area contributed by atoms with E-state index in [2.05, 4.69) is 16.0 Å². The van der Waals surface area contributed by atoms with Crippen molar-refractivity contribution in [3.63, 3.8) is 0 Å². The summed E-state index contributed by atoms with van der Waals surface area (Å²) in [5.74, 6) is -0.213. The fourth-order valence-electron chi connectivity index (χ4n) is 2.14. The van der Waals surface area contributed by atoms with Crippen LogP contribution in [0.5, 0.6) is 0 Å². The Morgan fingerprint density at radius 3 is 2.39 bits per heavy atom. The molecule has 0 saturated carbocycles. The highest BCUT2D eigenvalue weighted by molar-refractivity contribution is 5.89. The molecule has 0 heterocycles. The first-order valence-electron chi connectivity index (χ1n) is 7.50. The summed E-state index contributed by atoms with van der Waals surface area (Å²) < 4.78 is 0. The van der Waals surface area contributed by atoms with E-state index < -0.39 is 0 Å². The van der Waals surface area contributed by atoms with E-state index in [1.54, 1.807) is 19.1 Å². The lowest BCUT2D eigenvalue weighted by Crippen LogP contribution is -2.37. The molecule has 0 radical (unpaired) electrons. The maximum Gasteiger partial charge on any atom is 0.242 e. The van der Waals surface area contributed by atoms with Crippen molar-refractivity contribution in [1.82, 2.24) is 5.32 Å². The summed E-state index contributed by atoms with van der Waals surface area (Å²) in [5, 5.41) is 8.74. The molecule has 0 fully saturated rings. The number of nitrogens with one attached hydrogen (secondary N) is 3. The van der Waals surface area contributed by atoms with Gasteiger partial charge in [-0.15, -0.1) is 0 Å². The Balaban J connectivity index is 1.89. The first-order chi connectivity index (χ1) is 11.0. The Morgan fingerprint density at radius 1 is 1.00 bits per heavy atom. The van der Waals surface area contributed by atoms with Gasteiger partial charge < -0.3 is 16.0 Å². The second-order valence-corrected chi connectivity index (χ2v) is 5.33. The fourth-order valence-corrected chi connectivity index (χ4v) is 2.14. The average Bonchev–Trinajstić information content (AvgIpc) is 2.53. The summed E-state index contributed by atoms with van der Waals surface area (Å²) in [5.41, 5.74) is 2.53. The first-order valence-corrected chi connectivity index (χ1v) is 7.50. The second-order valence-electron chi connectivity index (χ2n) is 5.33. The molecule has 0 bridgehead atoms. The zero-order valence-electron chi connectivity index (χ0n) is 13.3. The van der Waals surface area contributed by atoms with Gasteiger partial charge in [0, 0.05) is 24.8 Å². The van der Waals surface area contributed by atoms with E-state index in [1.807, 2.05) is 42.5 Å². The van der Waals surface area contributed by atoms with Crippen LogP contribution in [0.2, 0.25) is 0 Å². The molecule has 0 aliphatic heterocycles. The van der Waals surface area contributed by atoms with Crippen LogP contribution < -0.4 is 16.0 Å². The van der Waals surface area contributed by atoms with Crippen LogP contribution in [0.4, 0.5) is 11.4 Å². The summed E-state index contributed by atoms with van der Waals surface area (Å²) in [4.78, 5) is 23.2. The van der Waals surface area contributed by atoms with E-state index in [4.69, 9.17) is 0 Å². The molecule has 23 heavy (non-hydrogen) atoms. The number of benzene rings is 2. The van der Waals surface area contributed by atoms with Gasteiger partial charge in [-0.3, -0.25) is 9.59 Å². The normalized spacial score (nSPS) is 11.4. The third-order valence-electron chi connectivity index (χ3n) is 3.27. The van der Waals surface area contributed by atoms with Crippen molar-refractivity contribution in [2.45, 2.75) is 26.4 Å². The topological polar surface area (TPSA) is 70.2 Å². The predicted molar refractivity (Wildman–Crippen MR) is 92.1 cm³/mol. The minimum atomic E-state index is -0.383. The minimum absolute atomic E-state index is 0.0845. The molecular formula is C18H21N3O2. The highest BCUT2D eigenvalue weighted by atomic mass is 16.2. The number of hydrogen-bond acceptors (Lipinski definition) is 3. The number of carbonyl (C=O) groups excluding carboxylic acids is 2. The Bertz CT molecular complexity index is 671. The first kappa shape index (κ1) is 16.5. The molecule has 5 heteroatoms. The minimum Gasteiger partial charge on any atom is -0.374 e. The van der Waals surface area contributed by atoms with Crippen LogP contribution in [0.15, 0.2) is 54.6 Å². The van der Waals surface area contributed by atoms with Gasteiger partial charge in [0.25, 0.3) is 0 Å². The van der Waals surface area contributed by atoms with E-state index in [1.165, 1.54) is 6.92 Å². The third kappa shape index (κ3) is 5.47. The Labute approximate surface area is 136 Å². The number of rotatable bonds is 6. The van der Waals surface area contributed by atoms with Crippen LogP contribution in [0, 0.1) is 0 Å². The summed E-state index contributed by atoms with van der Waals surface area (Å²) in [6.45, 7) is 3.75. The molecule has 2 aromatic rings. The van der Waals surface area contributed by atoms with Gasteiger partial charge >= 0.3 is 0 Å². The monoisotopic (exact) mass is 311 g/mol. The second kappa shape index (κ2) is 7.98. The van der Waals surface area contributed by atoms with Gasteiger partial charge in [-0.05, 0) is 30.7 Å². The molecule has 5 nitrogen and oxygen atoms in total. The molecule has 0 aromatic heterocycles. The van der Waals surface area contributed by atoms with Crippen molar-refractivity contribution in [2.24, 2.45) is 0 Å². The van der Waals surface area contributed by atoms with Gasteiger partial charge in [-0.25, -0.2) is 0 Å². The van der Waals surface area contributed by atoms with Crippen LogP contribution in [0.25, 0.3) is 0 Å². The summed E-state index contributed by atoms with van der Waals surface area (Å²) in [6.07, 6.45) is 0. The maximum atomic E-state index is 12.1. The zero-order chi connectivity index (χ0) is 16.7. The van der Waals surface area contributed by atoms with Gasteiger partial charge in [0.05, 0.1) is 0 Å². The van der Waals surface area contributed by atoms with Gasteiger partial charge in [0.15, 0.2) is 0 Å². The van der Waals surface area contributed by atoms with Gasteiger partial charge in [-0.2, -0.15) is 0 Å². The smallest absolute Gasteiger partial charge is 0.242 e. The molecule has 0 unspecified atom stereocenters. The lowest BCUT2D eigenvalue weighted by Gasteiger charge is -2.16. The van der Waals surface area contributed by atoms with E-state index in [9.17, 15) is 9.59 Å². The number of amides is 2. The van der Waals surface area contributed by atoms with E-state index >= 15 is 0 Å². The molecule has 3 N–H and O–H groups in total. The third-order valence-corrected chi connectivity index (χ3v) is 3.27. The number of carbonyl (C=O) groups is 2. The van der Waals surface area contributed by atoms with Crippen LogP contribution >= 0.6 is 0 Å².